The van der Waals surface area contributed by atoms with Gasteiger partial charge in [-0.05, 0) is 48.2 Å². The summed E-state index contributed by atoms with van der Waals surface area (Å²) in [7, 11) is 0. The first-order valence-electron chi connectivity index (χ1n) is 8.78. The Morgan fingerprint density at radius 2 is 1.81 bits per heavy atom. The van der Waals surface area contributed by atoms with E-state index in [0.717, 1.165) is 31.5 Å². The Morgan fingerprint density at radius 3 is 2.50 bits per heavy atom. The molecule has 26 heavy (non-hydrogen) atoms. The molecule has 3 nitrogen and oxygen atoms in total. The van der Waals surface area contributed by atoms with Crippen LogP contribution in [0.3, 0.4) is 0 Å². The molecular formula is C21H19F2NO2. The number of ether oxygens (including phenoxy) is 1. The van der Waals surface area contributed by atoms with E-state index in [9.17, 15) is 13.6 Å². The lowest BCUT2D eigenvalue weighted by atomic mass is 9.89. The minimum atomic E-state index is -0.598. The van der Waals surface area contributed by atoms with E-state index in [0.29, 0.717) is 28.0 Å². The molecule has 0 unspecified atom stereocenters. The Balaban J connectivity index is 1.89. The minimum absolute atomic E-state index is 0.0573. The fourth-order valence-corrected chi connectivity index (χ4v) is 3.59. The highest BCUT2D eigenvalue weighted by Gasteiger charge is 2.30. The van der Waals surface area contributed by atoms with E-state index >= 15 is 0 Å². The first-order chi connectivity index (χ1) is 12.7. The quantitative estimate of drug-likeness (QED) is 0.829. The van der Waals surface area contributed by atoms with Crippen molar-refractivity contribution in [2.45, 2.75) is 19.5 Å². The van der Waals surface area contributed by atoms with Crippen LogP contribution in [-0.4, -0.2) is 30.5 Å². The molecule has 0 bridgehead atoms. The van der Waals surface area contributed by atoms with E-state index in [1.165, 1.54) is 12.1 Å². The predicted octanol–water partition coefficient (Wildman–Crippen LogP) is 4.11. The van der Waals surface area contributed by atoms with Crippen LogP contribution in [0.15, 0.2) is 48.0 Å². The van der Waals surface area contributed by atoms with E-state index in [1.54, 1.807) is 30.3 Å². The first kappa shape index (κ1) is 16.8. The second-order valence-corrected chi connectivity index (χ2v) is 6.61. The lowest BCUT2D eigenvalue weighted by molar-refractivity contribution is -0.126. The summed E-state index contributed by atoms with van der Waals surface area (Å²) in [5.74, 6) is 0.212. The molecule has 1 fully saturated rings. The molecule has 0 aliphatic carbocycles. The molecule has 2 aliphatic heterocycles. The van der Waals surface area contributed by atoms with E-state index in [1.807, 2.05) is 4.90 Å². The molecule has 2 aliphatic rings. The molecule has 1 amide bonds. The summed E-state index contributed by atoms with van der Waals surface area (Å²) in [6.07, 6.45) is 1.99. The number of fused-ring (bicyclic) bond motifs is 1. The lowest BCUT2D eigenvalue weighted by Crippen LogP contribution is -2.33. The van der Waals surface area contributed by atoms with Crippen LogP contribution in [0.25, 0.3) is 5.57 Å². The predicted molar refractivity (Wildman–Crippen MR) is 95.0 cm³/mol. The second-order valence-electron chi connectivity index (χ2n) is 6.61. The average Bonchev–Trinajstić information content (AvgIpc) is 3.21. The van der Waals surface area contributed by atoms with Gasteiger partial charge in [0.15, 0.2) is 0 Å². The zero-order valence-corrected chi connectivity index (χ0v) is 14.3. The minimum Gasteiger partial charge on any atom is -0.488 e. The first-order valence-corrected chi connectivity index (χ1v) is 8.78. The van der Waals surface area contributed by atoms with Gasteiger partial charge in [-0.2, -0.15) is 0 Å². The molecular weight excluding hydrogens is 336 g/mol. The van der Waals surface area contributed by atoms with Crippen LogP contribution < -0.4 is 4.74 Å². The van der Waals surface area contributed by atoms with Crippen LogP contribution in [0, 0.1) is 5.82 Å². The number of benzene rings is 2. The Labute approximate surface area is 150 Å². The van der Waals surface area contributed by atoms with E-state index < -0.39 is 6.67 Å². The van der Waals surface area contributed by atoms with Crippen molar-refractivity contribution in [1.82, 2.24) is 4.90 Å². The molecule has 1 saturated heterocycles. The second kappa shape index (κ2) is 6.90. The number of nitrogens with zero attached hydrogens (tertiary/aromatic N) is 1. The number of halogens is 2. The van der Waals surface area contributed by atoms with Gasteiger partial charge in [0.1, 0.15) is 24.8 Å². The Bertz CT molecular complexity index is 868. The van der Waals surface area contributed by atoms with Crippen LogP contribution in [0.2, 0.25) is 0 Å². The SMILES string of the molecule is O=C(C1=C(c2ccc(F)cc2)c2cc(CF)ccc2OC1)N1CCCC1. The monoisotopic (exact) mass is 355 g/mol. The van der Waals surface area contributed by atoms with Gasteiger partial charge in [0.25, 0.3) is 5.91 Å². The number of carbonyl (C=O) groups is 1. The largest absolute Gasteiger partial charge is 0.488 e. The lowest BCUT2D eigenvalue weighted by Gasteiger charge is -2.27. The Hall–Kier alpha value is -2.69. The van der Waals surface area contributed by atoms with Gasteiger partial charge in [-0.15, -0.1) is 0 Å². The highest BCUT2D eigenvalue weighted by molar-refractivity contribution is 6.06. The van der Waals surface area contributed by atoms with Crippen molar-refractivity contribution in [1.29, 1.82) is 0 Å². The Kier molecular flexibility index (Phi) is 4.45. The molecule has 2 aromatic carbocycles. The van der Waals surface area contributed by atoms with Crippen molar-refractivity contribution >= 4 is 11.5 Å². The van der Waals surface area contributed by atoms with Crippen molar-refractivity contribution in [2.75, 3.05) is 19.7 Å². The van der Waals surface area contributed by atoms with Crippen molar-refractivity contribution in [3.05, 3.63) is 70.5 Å². The molecule has 0 spiro atoms. The van der Waals surface area contributed by atoms with Crippen molar-refractivity contribution in [3.63, 3.8) is 0 Å². The van der Waals surface area contributed by atoms with Crippen LogP contribution in [0.4, 0.5) is 8.78 Å². The molecule has 0 atom stereocenters. The van der Waals surface area contributed by atoms with Crippen molar-refractivity contribution in [3.8, 4) is 5.75 Å². The molecule has 0 saturated carbocycles. The highest BCUT2D eigenvalue weighted by Crippen LogP contribution is 2.39. The molecule has 134 valence electrons. The number of rotatable bonds is 3. The van der Waals surface area contributed by atoms with E-state index in [4.69, 9.17) is 4.74 Å². The summed E-state index contributed by atoms with van der Waals surface area (Å²) >= 11 is 0. The molecule has 2 heterocycles. The fraction of sp³-hybridized carbons (Fsp3) is 0.286. The van der Waals surface area contributed by atoms with Gasteiger partial charge in [-0.3, -0.25) is 4.79 Å². The van der Waals surface area contributed by atoms with E-state index in [-0.39, 0.29) is 18.3 Å². The normalized spacial score (nSPS) is 16.5. The number of hydrogen-bond acceptors (Lipinski definition) is 2. The van der Waals surface area contributed by atoms with Gasteiger partial charge in [-0.1, -0.05) is 18.2 Å². The number of likely N-dealkylation sites (tertiary alicyclic amines) is 1. The van der Waals surface area contributed by atoms with Crippen LogP contribution in [-0.2, 0) is 11.5 Å². The highest BCUT2D eigenvalue weighted by atomic mass is 19.1. The number of hydrogen-bond donors (Lipinski definition) is 0. The zero-order chi connectivity index (χ0) is 18.1. The summed E-state index contributed by atoms with van der Waals surface area (Å²) in [5, 5.41) is 0. The van der Waals surface area contributed by atoms with Gasteiger partial charge >= 0.3 is 0 Å². The topological polar surface area (TPSA) is 29.5 Å². The number of amides is 1. The maximum atomic E-state index is 13.4. The summed E-state index contributed by atoms with van der Waals surface area (Å²) in [5.41, 5.74) is 3.18. The molecule has 2 aromatic rings. The summed E-state index contributed by atoms with van der Waals surface area (Å²) < 4.78 is 32.4. The maximum absolute atomic E-state index is 13.4. The standard InChI is InChI=1S/C21H19F2NO2/c22-12-14-3-8-19-17(11-14)20(15-4-6-16(23)7-5-15)18(13-26-19)21(25)24-9-1-2-10-24/h3-8,11H,1-2,9-10,12-13H2. The third-order valence-corrected chi connectivity index (χ3v) is 4.93. The van der Waals surface area contributed by atoms with Crippen LogP contribution >= 0.6 is 0 Å². The molecule has 0 N–H and O–H groups in total. The fourth-order valence-electron chi connectivity index (χ4n) is 3.59. The molecule has 0 aromatic heterocycles. The smallest absolute Gasteiger partial charge is 0.253 e. The van der Waals surface area contributed by atoms with Gasteiger partial charge in [0.2, 0.25) is 0 Å². The number of carbonyl (C=O) groups excluding carboxylic acids is 1. The summed E-state index contributed by atoms with van der Waals surface area (Å²) in [6, 6.07) is 11.2. The third kappa shape index (κ3) is 2.98. The van der Waals surface area contributed by atoms with Crippen LogP contribution in [0.1, 0.15) is 29.5 Å². The van der Waals surface area contributed by atoms with Gasteiger partial charge in [-0.25, -0.2) is 8.78 Å². The van der Waals surface area contributed by atoms with E-state index in [2.05, 4.69) is 0 Å². The third-order valence-electron chi connectivity index (χ3n) is 4.93. The maximum Gasteiger partial charge on any atom is 0.253 e. The average molecular weight is 355 g/mol. The molecule has 0 radical (unpaired) electrons. The molecule has 4 rings (SSSR count). The van der Waals surface area contributed by atoms with Crippen molar-refractivity contribution < 1.29 is 18.3 Å². The number of alkyl halides is 1. The van der Waals surface area contributed by atoms with Crippen molar-refractivity contribution in [2.24, 2.45) is 0 Å². The van der Waals surface area contributed by atoms with Gasteiger partial charge in [0, 0.05) is 24.2 Å². The Morgan fingerprint density at radius 1 is 1.08 bits per heavy atom. The van der Waals surface area contributed by atoms with Crippen LogP contribution in [0.5, 0.6) is 5.75 Å². The van der Waals surface area contributed by atoms with Gasteiger partial charge in [0.05, 0.1) is 5.57 Å². The zero-order valence-electron chi connectivity index (χ0n) is 14.3. The summed E-state index contributed by atoms with van der Waals surface area (Å²) in [6.45, 7) is 1.02. The van der Waals surface area contributed by atoms with Gasteiger partial charge < -0.3 is 9.64 Å². The summed E-state index contributed by atoms with van der Waals surface area (Å²) in [4.78, 5) is 14.9. The molecule has 5 heteroatoms.